The number of amides is 1. The number of nitrogens with zero attached hydrogens (tertiary/aromatic N) is 2. The molecule has 4 bridgehead atoms. The third-order valence-corrected chi connectivity index (χ3v) is 6.53. The van der Waals surface area contributed by atoms with Crippen LogP contribution in [0, 0.1) is 30.1 Å². The molecule has 5 heteroatoms. The van der Waals surface area contributed by atoms with E-state index in [1.165, 1.54) is 38.5 Å². The Kier molecular flexibility index (Phi) is 4.15. The van der Waals surface area contributed by atoms with Crippen molar-refractivity contribution >= 4 is 5.91 Å². The summed E-state index contributed by atoms with van der Waals surface area (Å²) in [6, 6.07) is 0. The Morgan fingerprint density at radius 1 is 1.29 bits per heavy atom. The van der Waals surface area contributed by atoms with Crippen LogP contribution in [0.4, 0.5) is 0 Å². The number of carbonyl (C=O) groups is 1. The fourth-order valence-corrected chi connectivity index (χ4v) is 6.11. The van der Waals surface area contributed by atoms with Crippen LogP contribution in [0.15, 0.2) is 6.20 Å². The number of aromatic nitrogens is 2. The van der Waals surface area contributed by atoms with Crippen molar-refractivity contribution < 1.29 is 9.90 Å². The van der Waals surface area contributed by atoms with Crippen molar-refractivity contribution in [2.24, 2.45) is 23.2 Å². The van der Waals surface area contributed by atoms with Gasteiger partial charge in [-0.2, -0.15) is 0 Å². The van der Waals surface area contributed by atoms with E-state index in [1.54, 1.807) is 6.20 Å². The van der Waals surface area contributed by atoms with Gasteiger partial charge < -0.3 is 15.0 Å². The topological polar surface area (TPSA) is 69.2 Å². The maximum atomic E-state index is 13.0. The van der Waals surface area contributed by atoms with E-state index >= 15 is 0 Å². The lowest BCUT2D eigenvalue weighted by atomic mass is 9.49. The Hall–Kier alpha value is -1.36. The molecule has 0 aliphatic heterocycles. The molecule has 2 N–H and O–H groups in total. The standard InChI is InChI=1S/C19H29N3O2/c1-13-20-11-17(21-13)12-22(2-3-23)18(24)10-19-7-14-4-15(8-19)6-16(5-14)9-19/h11,14-16,23H,2-10,12H2,1H3,(H,20,21). The highest BCUT2D eigenvalue weighted by Gasteiger charge is 2.51. The number of H-pyrrole nitrogens is 1. The molecule has 4 aliphatic rings. The second-order valence-corrected chi connectivity index (χ2v) is 8.63. The highest BCUT2D eigenvalue weighted by Crippen LogP contribution is 2.61. The van der Waals surface area contributed by atoms with Gasteiger partial charge in [-0.1, -0.05) is 0 Å². The molecule has 1 aromatic heterocycles. The van der Waals surface area contributed by atoms with E-state index in [0.29, 0.717) is 19.5 Å². The lowest BCUT2D eigenvalue weighted by Gasteiger charge is -2.57. The predicted molar refractivity (Wildman–Crippen MR) is 91.0 cm³/mol. The van der Waals surface area contributed by atoms with Gasteiger partial charge in [0.1, 0.15) is 5.82 Å². The van der Waals surface area contributed by atoms with Crippen LogP contribution in [0.3, 0.4) is 0 Å². The Morgan fingerprint density at radius 2 is 1.92 bits per heavy atom. The van der Waals surface area contributed by atoms with Crippen LogP contribution in [-0.4, -0.2) is 39.0 Å². The summed E-state index contributed by atoms with van der Waals surface area (Å²) in [6.07, 6.45) is 10.4. The lowest BCUT2D eigenvalue weighted by molar-refractivity contribution is -0.140. The molecule has 0 unspecified atom stereocenters. The molecule has 0 saturated heterocycles. The first-order valence-electron chi connectivity index (χ1n) is 9.44. The maximum Gasteiger partial charge on any atom is 0.223 e. The minimum Gasteiger partial charge on any atom is -0.395 e. The number of hydrogen-bond acceptors (Lipinski definition) is 3. The molecule has 5 rings (SSSR count). The number of aryl methyl sites for hydroxylation is 1. The van der Waals surface area contributed by atoms with E-state index in [1.807, 2.05) is 11.8 Å². The Morgan fingerprint density at radius 3 is 2.42 bits per heavy atom. The van der Waals surface area contributed by atoms with Gasteiger partial charge in [0.05, 0.1) is 25.0 Å². The largest absolute Gasteiger partial charge is 0.395 e. The first kappa shape index (κ1) is 16.1. The fraction of sp³-hybridized carbons (Fsp3) is 0.789. The van der Waals surface area contributed by atoms with Gasteiger partial charge in [-0.15, -0.1) is 0 Å². The SMILES string of the molecule is Cc1ncc(CN(CCO)C(=O)CC23CC4CC(CC(C4)C2)C3)[nH]1. The number of carbonyl (C=O) groups excluding carboxylic acids is 1. The zero-order valence-electron chi connectivity index (χ0n) is 14.6. The van der Waals surface area contributed by atoms with Crippen molar-refractivity contribution in [3.05, 3.63) is 17.7 Å². The first-order valence-corrected chi connectivity index (χ1v) is 9.44. The van der Waals surface area contributed by atoms with E-state index in [-0.39, 0.29) is 17.9 Å². The minimum atomic E-state index is 0.0136. The molecule has 5 nitrogen and oxygen atoms in total. The molecular formula is C19H29N3O2. The summed E-state index contributed by atoms with van der Waals surface area (Å²) in [4.78, 5) is 22.2. The summed E-state index contributed by atoms with van der Waals surface area (Å²) < 4.78 is 0. The highest BCUT2D eigenvalue weighted by atomic mass is 16.3. The van der Waals surface area contributed by atoms with Crippen molar-refractivity contribution in [3.63, 3.8) is 0 Å². The Bertz CT molecular complexity index is 574. The normalized spacial score (nSPS) is 33.8. The summed E-state index contributed by atoms with van der Waals surface area (Å²) in [7, 11) is 0. The van der Waals surface area contributed by atoms with Crippen LogP contribution < -0.4 is 0 Å². The number of imidazole rings is 1. The van der Waals surface area contributed by atoms with E-state index in [9.17, 15) is 9.90 Å². The van der Waals surface area contributed by atoms with Crippen LogP contribution in [0.2, 0.25) is 0 Å². The number of hydrogen-bond donors (Lipinski definition) is 2. The molecule has 1 aromatic rings. The van der Waals surface area contributed by atoms with Crippen LogP contribution >= 0.6 is 0 Å². The van der Waals surface area contributed by atoms with Gasteiger partial charge in [-0.05, 0) is 68.6 Å². The van der Waals surface area contributed by atoms with Crippen molar-refractivity contribution in [2.45, 2.75) is 58.4 Å². The third kappa shape index (κ3) is 3.10. The molecule has 1 heterocycles. The summed E-state index contributed by atoms with van der Waals surface area (Å²) in [6.45, 7) is 2.85. The average molecular weight is 331 g/mol. The molecule has 132 valence electrons. The summed E-state index contributed by atoms with van der Waals surface area (Å²) >= 11 is 0. The Labute approximate surface area is 143 Å². The molecule has 0 aromatic carbocycles. The van der Waals surface area contributed by atoms with Gasteiger partial charge in [0.2, 0.25) is 5.91 Å². The number of aliphatic hydroxyl groups excluding tert-OH is 1. The fourth-order valence-electron chi connectivity index (χ4n) is 6.11. The van der Waals surface area contributed by atoms with Crippen molar-refractivity contribution in [1.82, 2.24) is 14.9 Å². The number of aliphatic hydroxyl groups is 1. The number of nitrogens with one attached hydrogen (secondary N) is 1. The minimum absolute atomic E-state index is 0.0136. The smallest absolute Gasteiger partial charge is 0.223 e. The summed E-state index contributed by atoms with van der Waals surface area (Å²) in [5, 5.41) is 9.38. The maximum absolute atomic E-state index is 13.0. The molecule has 4 saturated carbocycles. The lowest BCUT2D eigenvalue weighted by Crippen LogP contribution is -2.48. The van der Waals surface area contributed by atoms with Crippen molar-refractivity contribution in [2.75, 3.05) is 13.2 Å². The van der Waals surface area contributed by atoms with Gasteiger partial charge >= 0.3 is 0 Å². The summed E-state index contributed by atoms with van der Waals surface area (Å²) in [5.41, 5.74) is 1.20. The molecule has 4 fully saturated rings. The third-order valence-electron chi connectivity index (χ3n) is 6.53. The molecule has 4 aliphatic carbocycles. The molecule has 1 amide bonds. The summed E-state index contributed by atoms with van der Waals surface area (Å²) in [5.74, 6) is 3.67. The van der Waals surface area contributed by atoms with Gasteiger partial charge in [0, 0.05) is 13.0 Å². The van der Waals surface area contributed by atoms with E-state index < -0.39 is 0 Å². The monoisotopic (exact) mass is 331 g/mol. The quantitative estimate of drug-likeness (QED) is 0.842. The molecule has 0 radical (unpaired) electrons. The van der Waals surface area contributed by atoms with E-state index in [2.05, 4.69) is 9.97 Å². The predicted octanol–water partition coefficient (Wildman–Crippen LogP) is 2.65. The van der Waals surface area contributed by atoms with Crippen LogP contribution in [0.25, 0.3) is 0 Å². The van der Waals surface area contributed by atoms with Gasteiger partial charge in [0.25, 0.3) is 0 Å². The highest BCUT2D eigenvalue weighted by molar-refractivity contribution is 5.77. The van der Waals surface area contributed by atoms with Crippen molar-refractivity contribution in [1.29, 1.82) is 0 Å². The van der Waals surface area contributed by atoms with Crippen LogP contribution in [0.5, 0.6) is 0 Å². The van der Waals surface area contributed by atoms with Crippen LogP contribution in [0.1, 0.15) is 56.5 Å². The number of aromatic amines is 1. The van der Waals surface area contributed by atoms with Crippen molar-refractivity contribution in [3.8, 4) is 0 Å². The van der Waals surface area contributed by atoms with Gasteiger partial charge in [-0.25, -0.2) is 4.98 Å². The molecular weight excluding hydrogens is 302 g/mol. The van der Waals surface area contributed by atoms with Gasteiger partial charge in [-0.3, -0.25) is 4.79 Å². The van der Waals surface area contributed by atoms with Gasteiger partial charge in [0.15, 0.2) is 0 Å². The first-order chi connectivity index (χ1) is 11.5. The molecule has 24 heavy (non-hydrogen) atoms. The van der Waals surface area contributed by atoms with E-state index in [4.69, 9.17) is 0 Å². The average Bonchev–Trinajstić information content (AvgIpc) is 2.90. The molecule has 0 spiro atoms. The van der Waals surface area contributed by atoms with E-state index in [0.717, 1.165) is 29.3 Å². The zero-order chi connectivity index (χ0) is 16.7. The second kappa shape index (κ2) is 6.17. The Balaban J connectivity index is 1.45. The molecule has 0 atom stereocenters. The number of rotatable bonds is 6. The zero-order valence-corrected chi connectivity index (χ0v) is 14.6. The van der Waals surface area contributed by atoms with Crippen LogP contribution in [-0.2, 0) is 11.3 Å². The second-order valence-electron chi connectivity index (χ2n) is 8.63.